The van der Waals surface area contributed by atoms with Crippen LogP contribution in [0.1, 0.15) is 71.1 Å². The molecule has 1 rings (SSSR count). The predicted octanol–water partition coefficient (Wildman–Crippen LogP) is 4.58. The van der Waals surface area contributed by atoms with Gasteiger partial charge in [0.05, 0.1) is 0 Å². The Labute approximate surface area is 138 Å². The molecule has 0 atom stereocenters. The third-order valence-electron chi connectivity index (χ3n) is 3.77. The summed E-state index contributed by atoms with van der Waals surface area (Å²) in [6.45, 7) is 2.22. The molecular formula is C19H28O4. The summed E-state index contributed by atoms with van der Waals surface area (Å²) in [5, 5.41) is 9.66. The van der Waals surface area contributed by atoms with Gasteiger partial charge < -0.3 is 9.84 Å². The van der Waals surface area contributed by atoms with E-state index in [1.54, 1.807) is 0 Å². The van der Waals surface area contributed by atoms with Crippen LogP contribution in [-0.4, -0.2) is 11.1 Å². The van der Waals surface area contributed by atoms with E-state index in [1.807, 2.05) is 0 Å². The van der Waals surface area contributed by atoms with Gasteiger partial charge in [0.1, 0.15) is 0 Å². The molecule has 1 aromatic rings. The van der Waals surface area contributed by atoms with Gasteiger partial charge in [-0.2, -0.15) is 0 Å². The highest BCUT2D eigenvalue weighted by molar-refractivity contribution is 5.73. The first-order valence-electron chi connectivity index (χ1n) is 8.67. The Hall–Kier alpha value is -1.84. The van der Waals surface area contributed by atoms with E-state index in [9.17, 15) is 14.7 Å². The Balaban J connectivity index is 2.16. The summed E-state index contributed by atoms with van der Waals surface area (Å²) in [5.41, 5.74) is -0.249. The number of hydrogen-bond donors (Lipinski definition) is 1. The molecule has 0 unspecified atom stereocenters. The molecule has 0 amide bonds. The van der Waals surface area contributed by atoms with E-state index >= 15 is 0 Å². The summed E-state index contributed by atoms with van der Waals surface area (Å²) in [6.07, 6.45) is 11.0. The molecule has 0 aliphatic rings. The lowest BCUT2D eigenvalue weighted by atomic mass is 10.1. The number of esters is 1. The number of hydrogen-bond acceptors (Lipinski definition) is 4. The summed E-state index contributed by atoms with van der Waals surface area (Å²) < 4.78 is 5.10. The molecule has 0 aromatic heterocycles. The normalized spacial score (nSPS) is 10.5. The molecule has 0 saturated carbocycles. The number of aromatic hydroxyl groups is 1. The van der Waals surface area contributed by atoms with Crippen molar-refractivity contribution < 1.29 is 14.6 Å². The quantitative estimate of drug-likeness (QED) is 0.479. The van der Waals surface area contributed by atoms with Gasteiger partial charge in [0, 0.05) is 6.42 Å². The maximum absolute atomic E-state index is 11.7. The molecule has 0 aliphatic heterocycles. The van der Waals surface area contributed by atoms with Crippen LogP contribution >= 0.6 is 0 Å². The standard InChI is InChI=1S/C19H28O4/c1-2-3-4-5-6-7-8-9-10-11-19(22)23-18-15-13-16(20)12-14-17(18)21/h12-15,21H,2-11H2,1H3. The second-order valence-corrected chi connectivity index (χ2v) is 5.87. The molecule has 0 heterocycles. The molecule has 0 radical (unpaired) electrons. The maximum Gasteiger partial charge on any atom is 0.311 e. The second kappa shape index (κ2) is 11.7. The van der Waals surface area contributed by atoms with Crippen LogP contribution in [0.15, 0.2) is 29.1 Å². The highest BCUT2D eigenvalue weighted by atomic mass is 16.5. The molecule has 0 spiro atoms. The van der Waals surface area contributed by atoms with Crippen LogP contribution in [0.2, 0.25) is 0 Å². The first-order valence-corrected chi connectivity index (χ1v) is 8.67. The zero-order chi connectivity index (χ0) is 16.9. The molecule has 128 valence electrons. The minimum Gasteiger partial charge on any atom is -0.504 e. The van der Waals surface area contributed by atoms with E-state index in [0.717, 1.165) is 19.3 Å². The third kappa shape index (κ3) is 9.01. The first-order chi connectivity index (χ1) is 11.1. The molecule has 0 fully saturated rings. The number of ether oxygens (including phenoxy) is 1. The van der Waals surface area contributed by atoms with Gasteiger partial charge in [-0.15, -0.1) is 0 Å². The fourth-order valence-corrected chi connectivity index (χ4v) is 2.38. The average molecular weight is 320 g/mol. The average Bonchev–Trinajstić information content (AvgIpc) is 2.69. The lowest BCUT2D eigenvalue weighted by molar-refractivity contribution is -0.134. The van der Waals surface area contributed by atoms with Crippen molar-refractivity contribution in [3.05, 3.63) is 34.5 Å². The minimum absolute atomic E-state index is 0.0352. The van der Waals surface area contributed by atoms with Gasteiger partial charge >= 0.3 is 5.97 Å². The van der Waals surface area contributed by atoms with Gasteiger partial charge in [0.25, 0.3) is 0 Å². The Morgan fingerprint density at radius 1 is 0.913 bits per heavy atom. The van der Waals surface area contributed by atoms with Gasteiger partial charge in [-0.3, -0.25) is 9.59 Å². The smallest absolute Gasteiger partial charge is 0.311 e. The lowest BCUT2D eigenvalue weighted by Gasteiger charge is -2.04. The van der Waals surface area contributed by atoms with E-state index in [-0.39, 0.29) is 22.9 Å². The fraction of sp³-hybridized carbons (Fsp3) is 0.579. The lowest BCUT2D eigenvalue weighted by Crippen LogP contribution is -2.07. The van der Waals surface area contributed by atoms with Crippen molar-refractivity contribution >= 4 is 5.97 Å². The van der Waals surface area contributed by atoms with Crippen molar-refractivity contribution in [1.82, 2.24) is 0 Å². The number of carbonyl (C=O) groups is 1. The Morgan fingerprint density at radius 3 is 2.13 bits per heavy atom. The largest absolute Gasteiger partial charge is 0.504 e. The molecule has 4 heteroatoms. The Bertz CT molecular complexity index is 525. The summed E-state index contributed by atoms with van der Waals surface area (Å²) in [5.74, 6) is -0.539. The zero-order valence-corrected chi connectivity index (χ0v) is 14.1. The SMILES string of the molecule is CCCCCCCCCCCC(=O)Oc1ccc(=O)ccc1O. The van der Waals surface area contributed by atoms with Gasteiger partial charge in [-0.1, -0.05) is 58.3 Å². The topological polar surface area (TPSA) is 63.6 Å². The summed E-state index contributed by atoms with van der Waals surface area (Å²) in [6, 6.07) is 5.06. The summed E-state index contributed by atoms with van der Waals surface area (Å²) in [7, 11) is 0. The van der Waals surface area contributed by atoms with Gasteiger partial charge in [0.2, 0.25) is 0 Å². The van der Waals surface area contributed by atoms with Crippen molar-refractivity contribution in [1.29, 1.82) is 0 Å². The fourth-order valence-electron chi connectivity index (χ4n) is 2.38. The van der Waals surface area contributed by atoms with Crippen LogP contribution in [0.3, 0.4) is 0 Å². The Morgan fingerprint density at radius 2 is 1.48 bits per heavy atom. The second-order valence-electron chi connectivity index (χ2n) is 5.87. The van der Waals surface area contributed by atoms with Crippen LogP contribution in [0.25, 0.3) is 0 Å². The van der Waals surface area contributed by atoms with Gasteiger partial charge in [-0.05, 0) is 30.7 Å². The van der Waals surface area contributed by atoms with Crippen LogP contribution < -0.4 is 10.2 Å². The third-order valence-corrected chi connectivity index (χ3v) is 3.77. The van der Waals surface area contributed by atoms with Crippen LogP contribution in [-0.2, 0) is 4.79 Å². The number of carbonyl (C=O) groups excluding carboxylic acids is 1. The van der Waals surface area contributed by atoms with E-state index < -0.39 is 0 Å². The van der Waals surface area contributed by atoms with E-state index in [4.69, 9.17) is 4.74 Å². The molecule has 0 aliphatic carbocycles. The van der Waals surface area contributed by atoms with Crippen molar-refractivity contribution in [3.8, 4) is 11.5 Å². The maximum atomic E-state index is 11.7. The van der Waals surface area contributed by atoms with Crippen LogP contribution in [0.5, 0.6) is 11.5 Å². The highest BCUT2D eigenvalue weighted by Gasteiger charge is 2.07. The minimum atomic E-state index is -0.373. The number of unbranched alkanes of at least 4 members (excludes halogenated alkanes) is 8. The molecule has 23 heavy (non-hydrogen) atoms. The van der Waals surface area contributed by atoms with E-state index in [1.165, 1.54) is 62.8 Å². The van der Waals surface area contributed by atoms with Crippen LogP contribution in [0.4, 0.5) is 0 Å². The van der Waals surface area contributed by atoms with Crippen molar-refractivity contribution in [3.63, 3.8) is 0 Å². The van der Waals surface area contributed by atoms with Gasteiger partial charge in [-0.25, -0.2) is 0 Å². The monoisotopic (exact) mass is 320 g/mol. The van der Waals surface area contributed by atoms with Gasteiger partial charge in [0.15, 0.2) is 16.9 Å². The molecular weight excluding hydrogens is 292 g/mol. The van der Waals surface area contributed by atoms with Crippen molar-refractivity contribution in [2.24, 2.45) is 0 Å². The van der Waals surface area contributed by atoms with Crippen molar-refractivity contribution in [2.45, 2.75) is 71.1 Å². The van der Waals surface area contributed by atoms with Crippen LogP contribution in [0, 0.1) is 0 Å². The molecule has 0 bridgehead atoms. The molecule has 4 nitrogen and oxygen atoms in total. The predicted molar refractivity (Wildman–Crippen MR) is 91.9 cm³/mol. The molecule has 1 N–H and O–H groups in total. The summed E-state index contributed by atoms with van der Waals surface area (Å²) >= 11 is 0. The van der Waals surface area contributed by atoms with Crippen molar-refractivity contribution in [2.75, 3.05) is 0 Å². The molecule has 1 aromatic carbocycles. The first kappa shape index (κ1) is 19.2. The zero-order valence-electron chi connectivity index (χ0n) is 14.1. The number of rotatable bonds is 11. The molecule has 0 saturated heterocycles. The highest BCUT2D eigenvalue weighted by Crippen LogP contribution is 2.23. The van der Waals surface area contributed by atoms with E-state index in [0.29, 0.717) is 6.42 Å². The van der Waals surface area contributed by atoms with E-state index in [2.05, 4.69) is 6.92 Å². The Kier molecular flexibility index (Phi) is 9.76. The summed E-state index contributed by atoms with van der Waals surface area (Å²) in [4.78, 5) is 22.9.